The maximum Gasteiger partial charge on any atom is 0.407 e. The van der Waals surface area contributed by atoms with Crippen LogP contribution in [0.3, 0.4) is 0 Å². The Morgan fingerprint density at radius 2 is 1.34 bits per heavy atom. The molecule has 7 nitrogen and oxygen atoms in total. The minimum absolute atomic E-state index is 0.0195. The third-order valence-electron chi connectivity index (χ3n) is 7.91. The number of hydrogen-bond acceptors (Lipinski definition) is 4. The van der Waals surface area contributed by atoms with E-state index in [1.165, 1.54) is 11.1 Å². The first-order valence-corrected chi connectivity index (χ1v) is 12.7. The minimum Gasteiger partial charge on any atom is -0.481 e. The molecule has 0 spiro atoms. The normalized spacial score (nSPS) is 25.4. The molecule has 7 heteroatoms. The Bertz CT molecular complexity index is 1070. The summed E-state index contributed by atoms with van der Waals surface area (Å²) in [5.74, 6) is -1.94. The highest BCUT2D eigenvalue weighted by molar-refractivity contribution is 5.82. The molecule has 2 unspecified atom stereocenters. The number of hydrogen-bond donors (Lipinski definition) is 3. The fourth-order valence-corrected chi connectivity index (χ4v) is 6.13. The summed E-state index contributed by atoms with van der Waals surface area (Å²) < 4.78 is 5.69. The summed E-state index contributed by atoms with van der Waals surface area (Å²) in [5.41, 5.74) is 4.65. The summed E-state index contributed by atoms with van der Waals surface area (Å²) in [6.45, 7) is 0.228. The number of carboxylic acid groups (broad SMARTS) is 1. The first-order valence-electron chi connectivity index (χ1n) is 12.7. The monoisotopic (exact) mass is 476 g/mol. The lowest BCUT2D eigenvalue weighted by Crippen LogP contribution is -2.51. The number of alkyl carbamates (subject to hydrolysis) is 1. The van der Waals surface area contributed by atoms with Crippen LogP contribution in [0.2, 0.25) is 0 Å². The van der Waals surface area contributed by atoms with Crippen molar-refractivity contribution in [3.63, 3.8) is 0 Å². The van der Waals surface area contributed by atoms with E-state index in [-0.39, 0.29) is 36.4 Å². The van der Waals surface area contributed by atoms with Crippen molar-refractivity contribution in [2.45, 2.75) is 62.9 Å². The molecule has 0 radical (unpaired) electrons. The molecule has 0 bridgehead atoms. The van der Waals surface area contributed by atoms with Gasteiger partial charge in [-0.1, -0.05) is 67.8 Å². The molecule has 2 aromatic rings. The summed E-state index contributed by atoms with van der Waals surface area (Å²) in [6, 6.07) is 15.7. The average molecular weight is 477 g/mol. The van der Waals surface area contributed by atoms with Crippen LogP contribution < -0.4 is 10.6 Å². The second-order valence-corrected chi connectivity index (χ2v) is 9.96. The van der Waals surface area contributed by atoms with E-state index in [4.69, 9.17) is 4.74 Å². The number of benzene rings is 2. The first-order chi connectivity index (χ1) is 17.0. The van der Waals surface area contributed by atoms with Crippen molar-refractivity contribution in [1.29, 1.82) is 0 Å². The van der Waals surface area contributed by atoms with Crippen LogP contribution in [0.5, 0.6) is 0 Å². The lowest BCUT2D eigenvalue weighted by Gasteiger charge is -2.32. The number of carbonyl (C=O) groups excluding carboxylic acids is 2. The van der Waals surface area contributed by atoms with Crippen molar-refractivity contribution >= 4 is 18.0 Å². The second kappa shape index (κ2) is 10.1. The SMILES string of the molecule is O=C(N[C@@H]1CCCC[C@@H]1C(=O)NC1CCCC1C(=O)O)OCC1c2ccccc2-c2ccccc21. The van der Waals surface area contributed by atoms with Gasteiger partial charge >= 0.3 is 12.1 Å². The van der Waals surface area contributed by atoms with Gasteiger partial charge in [0, 0.05) is 18.0 Å². The molecule has 35 heavy (non-hydrogen) atoms. The molecule has 3 aliphatic rings. The summed E-state index contributed by atoms with van der Waals surface area (Å²) in [6.07, 6.45) is 4.77. The van der Waals surface area contributed by atoms with Crippen LogP contribution >= 0.6 is 0 Å². The molecule has 0 saturated heterocycles. The van der Waals surface area contributed by atoms with Crippen LogP contribution in [0.15, 0.2) is 48.5 Å². The van der Waals surface area contributed by atoms with Crippen molar-refractivity contribution in [3.05, 3.63) is 59.7 Å². The van der Waals surface area contributed by atoms with Crippen LogP contribution in [-0.4, -0.2) is 41.8 Å². The van der Waals surface area contributed by atoms with E-state index in [9.17, 15) is 19.5 Å². The van der Waals surface area contributed by atoms with Crippen molar-refractivity contribution in [1.82, 2.24) is 10.6 Å². The van der Waals surface area contributed by atoms with E-state index in [1.807, 2.05) is 24.3 Å². The Labute approximate surface area is 205 Å². The molecule has 0 heterocycles. The Balaban J connectivity index is 1.21. The number of aliphatic carboxylic acids is 1. The van der Waals surface area contributed by atoms with Crippen LogP contribution in [0.1, 0.15) is 62.0 Å². The third-order valence-corrected chi connectivity index (χ3v) is 7.91. The first kappa shape index (κ1) is 23.4. The number of rotatable bonds is 6. The standard InChI is InChI=1S/C28H32N2O5/c31-26(29-25-15-7-13-22(25)27(32)33)21-12-5-6-14-24(21)30-28(34)35-16-23-19-10-3-1-8-17(19)18-9-2-4-11-20(18)23/h1-4,8-11,21-25H,5-7,12-16H2,(H,29,31)(H,30,34)(H,32,33)/t21-,22?,24+,25?/m0/s1. The topological polar surface area (TPSA) is 105 Å². The zero-order valence-corrected chi connectivity index (χ0v) is 19.7. The lowest BCUT2D eigenvalue weighted by molar-refractivity contribution is -0.142. The van der Waals surface area contributed by atoms with Gasteiger partial charge < -0.3 is 20.5 Å². The smallest absolute Gasteiger partial charge is 0.407 e. The summed E-state index contributed by atoms with van der Waals surface area (Å²) in [4.78, 5) is 37.4. The van der Waals surface area contributed by atoms with Gasteiger partial charge in [-0.05, 0) is 47.9 Å². The molecule has 2 saturated carbocycles. The van der Waals surface area contributed by atoms with Crippen molar-refractivity contribution in [2.24, 2.45) is 11.8 Å². The Kier molecular flexibility index (Phi) is 6.75. The highest BCUT2D eigenvalue weighted by atomic mass is 16.5. The van der Waals surface area contributed by atoms with Gasteiger partial charge in [0.1, 0.15) is 6.61 Å². The van der Waals surface area contributed by atoms with Gasteiger partial charge in [0.25, 0.3) is 0 Å². The Hall–Kier alpha value is -3.35. The molecule has 184 valence electrons. The summed E-state index contributed by atoms with van der Waals surface area (Å²) >= 11 is 0. The molecule has 2 aromatic carbocycles. The largest absolute Gasteiger partial charge is 0.481 e. The Morgan fingerprint density at radius 1 is 0.771 bits per heavy atom. The molecule has 4 atom stereocenters. The van der Waals surface area contributed by atoms with E-state index in [2.05, 4.69) is 34.9 Å². The van der Waals surface area contributed by atoms with Gasteiger partial charge in [0.05, 0.1) is 11.8 Å². The quantitative estimate of drug-likeness (QED) is 0.571. The second-order valence-electron chi connectivity index (χ2n) is 9.96. The molecule has 2 amide bonds. The fourth-order valence-electron chi connectivity index (χ4n) is 6.13. The zero-order valence-electron chi connectivity index (χ0n) is 19.7. The molecule has 3 N–H and O–H groups in total. The molecular weight excluding hydrogens is 444 g/mol. The third kappa shape index (κ3) is 4.77. The van der Waals surface area contributed by atoms with Gasteiger partial charge in [0.15, 0.2) is 0 Å². The molecule has 2 fully saturated rings. The summed E-state index contributed by atoms with van der Waals surface area (Å²) in [7, 11) is 0. The lowest BCUT2D eigenvalue weighted by atomic mass is 9.83. The molecular formula is C28H32N2O5. The number of amides is 2. The number of fused-ring (bicyclic) bond motifs is 3. The van der Waals surface area contributed by atoms with Crippen molar-refractivity contribution < 1.29 is 24.2 Å². The van der Waals surface area contributed by atoms with Crippen LogP contribution in [0.25, 0.3) is 11.1 Å². The van der Waals surface area contributed by atoms with Gasteiger partial charge in [-0.3, -0.25) is 9.59 Å². The highest BCUT2D eigenvalue weighted by Crippen LogP contribution is 2.44. The van der Waals surface area contributed by atoms with Gasteiger partial charge in [0.2, 0.25) is 5.91 Å². The van der Waals surface area contributed by atoms with E-state index in [1.54, 1.807) is 0 Å². The van der Waals surface area contributed by atoms with E-state index in [0.29, 0.717) is 25.7 Å². The fraction of sp³-hybridized carbons (Fsp3) is 0.464. The maximum absolute atomic E-state index is 13.1. The number of carbonyl (C=O) groups is 3. The van der Waals surface area contributed by atoms with Gasteiger partial charge in [-0.25, -0.2) is 4.79 Å². The molecule has 0 aromatic heterocycles. The van der Waals surface area contributed by atoms with Crippen LogP contribution in [-0.2, 0) is 14.3 Å². The molecule has 0 aliphatic heterocycles. The van der Waals surface area contributed by atoms with E-state index >= 15 is 0 Å². The zero-order chi connectivity index (χ0) is 24.4. The van der Waals surface area contributed by atoms with E-state index in [0.717, 1.165) is 30.4 Å². The van der Waals surface area contributed by atoms with Gasteiger partial charge in [-0.15, -0.1) is 0 Å². The predicted molar refractivity (Wildman–Crippen MR) is 131 cm³/mol. The minimum atomic E-state index is -0.857. The molecule has 5 rings (SSSR count). The average Bonchev–Trinajstić information content (AvgIpc) is 3.46. The van der Waals surface area contributed by atoms with Crippen LogP contribution in [0.4, 0.5) is 4.79 Å². The summed E-state index contributed by atoms with van der Waals surface area (Å²) in [5, 5.41) is 15.3. The number of nitrogens with one attached hydrogen (secondary N) is 2. The highest BCUT2D eigenvalue weighted by Gasteiger charge is 2.38. The van der Waals surface area contributed by atoms with Crippen LogP contribution in [0, 0.1) is 11.8 Å². The van der Waals surface area contributed by atoms with Crippen molar-refractivity contribution in [2.75, 3.05) is 6.61 Å². The maximum atomic E-state index is 13.1. The van der Waals surface area contributed by atoms with Gasteiger partial charge in [-0.2, -0.15) is 0 Å². The number of ether oxygens (including phenoxy) is 1. The Morgan fingerprint density at radius 3 is 2.03 bits per heavy atom. The van der Waals surface area contributed by atoms with Crippen molar-refractivity contribution in [3.8, 4) is 11.1 Å². The number of carboxylic acids is 1. The van der Waals surface area contributed by atoms with E-state index < -0.39 is 18.0 Å². The predicted octanol–water partition coefficient (Wildman–Crippen LogP) is 4.45. The molecule has 3 aliphatic carbocycles.